The van der Waals surface area contributed by atoms with E-state index in [1.54, 1.807) is 40.9 Å². The maximum absolute atomic E-state index is 12.9. The van der Waals surface area contributed by atoms with Crippen LogP contribution in [0.25, 0.3) is 17.0 Å². The number of rotatable bonds is 5. The summed E-state index contributed by atoms with van der Waals surface area (Å²) in [6.07, 6.45) is 5.36. The number of imidazole rings is 1. The molecular formula is C19H15BrN4O3S. The molecule has 0 unspecified atom stereocenters. The molecule has 0 atom stereocenters. The fourth-order valence-corrected chi connectivity index (χ4v) is 4.54. The van der Waals surface area contributed by atoms with Gasteiger partial charge in [-0.15, -0.1) is 0 Å². The number of hydrogen-bond acceptors (Lipinski definition) is 5. The van der Waals surface area contributed by atoms with Gasteiger partial charge < -0.3 is 4.74 Å². The molecule has 2 heterocycles. The quantitative estimate of drug-likeness (QED) is 0.488. The van der Waals surface area contributed by atoms with Crippen LogP contribution in [-0.2, 0) is 10.0 Å². The van der Waals surface area contributed by atoms with Gasteiger partial charge in [0, 0.05) is 34.3 Å². The summed E-state index contributed by atoms with van der Waals surface area (Å²) >= 11 is 3.30. The molecule has 1 N–H and O–H groups in total. The number of nitrogens with zero attached hydrogens (tertiary/aromatic N) is 3. The number of benzene rings is 2. The summed E-state index contributed by atoms with van der Waals surface area (Å²) in [6, 6.07) is 13.7. The second-order valence-corrected chi connectivity index (χ2v) is 8.50. The van der Waals surface area contributed by atoms with Crippen molar-refractivity contribution in [2.45, 2.75) is 4.90 Å². The van der Waals surface area contributed by atoms with Crippen LogP contribution >= 0.6 is 15.9 Å². The Bertz CT molecular complexity index is 1240. The third-order valence-electron chi connectivity index (χ3n) is 4.06. The van der Waals surface area contributed by atoms with Crippen LogP contribution in [0.15, 0.2) is 76.5 Å². The van der Waals surface area contributed by atoms with Crippen molar-refractivity contribution in [2.75, 3.05) is 11.8 Å². The molecule has 0 spiro atoms. The minimum Gasteiger partial charge on any atom is -0.495 e. The van der Waals surface area contributed by atoms with E-state index in [4.69, 9.17) is 4.74 Å². The van der Waals surface area contributed by atoms with E-state index >= 15 is 0 Å². The number of aromatic nitrogens is 3. The standard InChI is InChI=1S/C19H15BrN4O3S/c1-27-17-7-6-14(20)11-18(17)28(25,26)23-15-5-2-4-13(10-15)16-12-24-9-3-8-21-19(24)22-16/h2-12,23H,1H3. The van der Waals surface area contributed by atoms with E-state index in [1.165, 1.54) is 13.2 Å². The van der Waals surface area contributed by atoms with Crippen molar-refractivity contribution >= 4 is 37.4 Å². The molecule has 2 aromatic heterocycles. The van der Waals surface area contributed by atoms with Crippen LogP contribution in [0.1, 0.15) is 0 Å². The minimum atomic E-state index is -3.85. The molecule has 0 fully saturated rings. The Kier molecular flexibility index (Phi) is 4.78. The highest BCUT2D eigenvalue weighted by atomic mass is 79.9. The zero-order chi connectivity index (χ0) is 19.7. The summed E-state index contributed by atoms with van der Waals surface area (Å²) in [6.45, 7) is 0. The Balaban J connectivity index is 1.69. The van der Waals surface area contributed by atoms with Crippen molar-refractivity contribution in [1.29, 1.82) is 0 Å². The lowest BCUT2D eigenvalue weighted by Crippen LogP contribution is -2.14. The van der Waals surface area contributed by atoms with Crippen LogP contribution in [0, 0.1) is 0 Å². The Morgan fingerprint density at radius 2 is 2.00 bits per heavy atom. The number of methoxy groups -OCH3 is 1. The van der Waals surface area contributed by atoms with Gasteiger partial charge in [0.1, 0.15) is 10.6 Å². The van der Waals surface area contributed by atoms with Crippen LogP contribution < -0.4 is 9.46 Å². The zero-order valence-electron chi connectivity index (χ0n) is 14.7. The molecule has 28 heavy (non-hydrogen) atoms. The van der Waals surface area contributed by atoms with Gasteiger partial charge in [0.25, 0.3) is 10.0 Å². The highest BCUT2D eigenvalue weighted by Crippen LogP contribution is 2.30. The number of halogens is 1. The number of fused-ring (bicyclic) bond motifs is 1. The first-order chi connectivity index (χ1) is 13.5. The first-order valence-electron chi connectivity index (χ1n) is 8.23. The van der Waals surface area contributed by atoms with E-state index in [0.717, 1.165) is 5.56 Å². The second kappa shape index (κ2) is 7.25. The zero-order valence-corrected chi connectivity index (χ0v) is 17.1. The molecule has 0 bridgehead atoms. The maximum atomic E-state index is 12.9. The van der Waals surface area contributed by atoms with Crippen LogP contribution in [0.5, 0.6) is 5.75 Å². The molecule has 0 saturated carbocycles. The van der Waals surface area contributed by atoms with Crippen LogP contribution in [-0.4, -0.2) is 29.9 Å². The van der Waals surface area contributed by atoms with Crippen molar-refractivity contribution in [2.24, 2.45) is 0 Å². The molecule has 9 heteroatoms. The summed E-state index contributed by atoms with van der Waals surface area (Å²) in [4.78, 5) is 8.71. The Morgan fingerprint density at radius 1 is 1.14 bits per heavy atom. The summed E-state index contributed by atoms with van der Waals surface area (Å²) in [5, 5.41) is 0. The predicted octanol–water partition coefficient (Wildman–Crippen LogP) is 3.97. The smallest absolute Gasteiger partial charge is 0.265 e. The maximum Gasteiger partial charge on any atom is 0.265 e. The number of anilines is 1. The van der Waals surface area contributed by atoms with E-state index < -0.39 is 10.0 Å². The first-order valence-corrected chi connectivity index (χ1v) is 10.5. The highest BCUT2D eigenvalue weighted by Gasteiger charge is 2.20. The average Bonchev–Trinajstić information content (AvgIpc) is 3.12. The third kappa shape index (κ3) is 3.58. The molecule has 2 aromatic carbocycles. The van der Waals surface area contributed by atoms with Crippen molar-refractivity contribution in [3.63, 3.8) is 0 Å². The Labute approximate surface area is 170 Å². The van der Waals surface area contributed by atoms with E-state index in [-0.39, 0.29) is 10.6 Å². The van der Waals surface area contributed by atoms with Crippen molar-refractivity contribution in [1.82, 2.24) is 14.4 Å². The number of hydrogen-bond donors (Lipinski definition) is 1. The summed E-state index contributed by atoms with van der Waals surface area (Å²) < 4.78 is 36.0. The van der Waals surface area contributed by atoms with Crippen molar-refractivity contribution in [3.8, 4) is 17.0 Å². The third-order valence-corrected chi connectivity index (χ3v) is 5.96. The summed E-state index contributed by atoms with van der Waals surface area (Å²) in [5.74, 6) is 0.834. The van der Waals surface area contributed by atoms with E-state index in [0.29, 0.717) is 21.6 Å². The molecule has 4 rings (SSSR count). The fourth-order valence-electron chi connectivity index (χ4n) is 2.78. The first kappa shape index (κ1) is 18.5. The van der Waals surface area contributed by atoms with Gasteiger partial charge in [0.05, 0.1) is 12.8 Å². The molecular weight excluding hydrogens is 444 g/mol. The van der Waals surface area contributed by atoms with Gasteiger partial charge in [0.15, 0.2) is 0 Å². The second-order valence-electron chi connectivity index (χ2n) is 5.93. The van der Waals surface area contributed by atoms with Crippen LogP contribution in [0.3, 0.4) is 0 Å². The monoisotopic (exact) mass is 458 g/mol. The van der Waals surface area contributed by atoms with E-state index in [9.17, 15) is 8.42 Å². The van der Waals surface area contributed by atoms with Gasteiger partial charge >= 0.3 is 0 Å². The molecule has 0 radical (unpaired) electrons. The SMILES string of the molecule is COc1ccc(Br)cc1S(=O)(=O)Nc1cccc(-c2cn3cccnc3n2)c1. The van der Waals surface area contributed by atoms with Gasteiger partial charge in [-0.1, -0.05) is 28.1 Å². The topological polar surface area (TPSA) is 85.6 Å². The lowest BCUT2D eigenvalue weighted by molar-refractivity contribution is 0.403. The van der Waals surface area contributed by atoms with Crippen LogP contribution in [0.2, 0.25) is 0 Å². The largest absolute Gasteiger partial charge is 0.495 e. The van der Waals surface area contributed by atoms with Gasteiger partial charge in [0.2, 0.25) is 5.78 Å². The molecule has 142 valence electrons. The molecule has 0 amide bonds. The van der Waals surface area contributed by atoms with Gasteiger partial charge in [-0.25, -0.2) is 18.4 Å². The van der Waals surface area contributed by atoms with Gasteiger partial charge in [-0.2, -0.15) is 0 Å². The normalized spacial score (nSPS) is 11.5. The molecule has 0 saturated heterocycles. The van der Waals surface area contributed by atoms with Crippen molar-refractivity contribution in [3.05, 3.63) is 71.6 Å². The van der Waals surface area contributed by atoms with E-state index in [1.807, 2.05) is 24.5 Å². The van der Waals surface area contributed by atoms with Crippen molar-refractivity contribution < 1.29 is 13.2 Å². The highest BCUT2D eigenvalue weighted by molar-refractivity contribution is 9.10. The van der Waals surface area contributed by atoms with Gasteiger partial charge in [-0.3, -0.25) is 9.12 Å². The van der Waals surface area contributed by atoms with Crippen LogP contribution in [0.4, 0.5) is 5.69 Å². The molecule has 4 aromatic rings. The Hall–Kier alpha value is -2.91. The van der Waals surface area contributed by atoms with E-state index in [2.05, 4.69) is 30.6 Å². The average molecular weight is 459 g/mol. The molecule has 0 aliphatic heterocycles. The molecule has 0 aliphatic carbocycles. The predicted molar refractivity (Wildman–Crippen MR) is 110 cm³/mol. The minimum absolute atomic E-state index is 0.0479. The fraction of sp³-hybridized carbons (Fsp3) is 0.0526. The number of sulfonamides is 1. The summed E-state index contributed by atoms with van der Waals surface area (Å²) in [7, 11) is -2.41. The summed E-state index contributed by atoms with van der Waals surface area (Å²) in [5.41, 5.74) is 1.89. The lowest BCUT2D eigenvalue weighted by Gasteiger charge is -2.12. The molecule has 0 aliphatic rings. The lowest BCUT2D eigenvalue weighted by atomic mass is 10.1. The van der Waals surface area contributed by atoms with Gasteiger partial charge in [-0.05, 0) is 36.4 Å². The number of ether oxygens (including phenoxy) is 1. The molecule has 7 nitrogen and oxygen atoms in total. The Morgan fingerprint density at radius 3 is 2.79 bits per heavy atom. The number of nitrogens with one attached hydrogen (secondary N) is 1.